The standard InChI is InChI=1S/C27H17BrO3/c28-24-15-21(27(29)30)12-11-19(24)8-5-17-6-9-20(10-7-17)26-16-23-22-4-2-1-3-18(22)13-14-25(23)31-26/h1-16H,(H,29,30)/b8-5+. The van der Waals surface area contributed by atoms with Gasteiger partial charge in [-0.25, -0.2) is 4.79 Å². The number of hydrogen-bond donors (Lipinski definition) is 1. The van der Waals surface area contributed by atoms with Crippen LogP contribution in [0.3, 0.4) is 0 Å². The van der Waals surface area contributed by atoms with Crippen molar-refractivity contribution in [3.8, 4) is 11.3 Å². The molecule has 0 aliphatic carbocycles. The second kappa shape index (κ2) is 7.89. The van der Waals surface area contributed by atoms with Crippen LogP contribution in [0.5, 0.6) is 0 Å². The van der Waals surface area contributed by atoms with Crippen LogP contribution in [0.4, 0.5) is 0 Å². The Morgan fingerprint density at radius 1 is 0.839 bits per heavy atom. The van der Waals surface area contributed by atoms with Crippen LogP contribution in [-0.4, -0.2) is 11.1 Å². The third-order valence-corrected chi connectivity index (χ3v) is 6.01. The van der Waals surface area contributed by atoms with Crippen LogP contribution in [-0.2, 0) is 0 Å². The highest BCUT2D eigenvalue weighted by Crippen LogP contribution is 2.33. The summed E-state index contributed by atoms with van der Waals surface area (Å²) in [6.07, 6.45) is 3.95. The summed E-state index contributed by atoms with van der Waals surface area (Å²) in [5.41, 5.74) is 4.11. The summed E-state index contributed by atoms with van der Waals surface area (Å²) < 4.78 is 6.85. The van der Waals surface area contributed by atoms with Gasteiger partial charge >= 0.3 is 5.97 Å². The molecule has 0 fully saturated rings. The number of hydrogen-bond acceptors (Lipinski definition) is 2. The lowest BCUT2D eigenvalue weighted by molar-refractivity contribution is 0.0697. The van der Waals surface area contributed by atoms with Crippen LogP contribution in [0.2, 0.25) is 0 Å². The van der Waals surface area contributed by atoms with Crippen LogP contribution < -0.4 is 0 Å². The van der Waals surface area contributed by atoms with Gasteiger partial charge in [-0.05, 0) is 46.2 Å². The molecule has 0 radical (unpaired) electrons. The molecule has 0 amide bonds. The van der Waals surface area contributed by atoms with E-state index in [0.29, 0.717) is 0 Å². The minimum Gasteiger partial charge on any atom is -0.478 e. The Morgan fingerprint density at radius 3 is 2.42 bits per heavy atom. The van der Waals surface area contributed by atoms with Gasteiger partial charge in [0.15, 0.2) is 0 Å². The topological polar surface area (TPSA) is 50.4 Å². The SMILES string of the molecule is O=C(O)c1ccc(/C=C/c2ccc(-c3cc4c(ccc5ccccc54)o3)cc2)c(Br)c1. The fourth-order valence-corrected chi connectivity index (χ4v) is 4.19. The monoisotopic (exact) mass is 468 g/mol. The van der Waals surface area contributed by atoms with E-state index in [9.17, 15) is 4.79 Å². The maximum absolute atomic E-state index is 11.1. The minimum atomic E-state index is -0.939. The summed E-state index contributed by atoms with van der Waals surface area (Å²) in [5, 5.41) is 12.6. The van der Waals surface area contributed by atoms with Crippen LogP contribution in [0.1, 0.15) is 21.5 Å². The van der Waals surface area contributed by atoms with E-state index in [4.69, 9.17) is 9.52 Å². The van der Waals surface area contributed by atoms with Gasteiger partial charge in [0.25, 0.3) is 0 Å². The van der Waals surface area contributed by atoms with E-state index in [2.05, 4.69) is 40.2 Å². The molecule has 1 aromatic heterocycles. The highest BCUT2D eigenvalue weighted by molar-refractivity contribution is 9.10. The zero-order chi connectivity index (χ0) is 21.4. The maximum atomic E-state index is 11.1. The fourth-order valence-electron chi connectivity index (χ4n) is 3.67. The van der Waals surface area contributed by atoms with Gasteiger partial charge in [0.1, 0.15) is 11.3 Å². The third kappa shape index (κ3) is 3.78. The number of aromatic carboxylic acids is 1. The highest BCUT2D eigenvalue weighted by atomic mass is 79.9. The minimum absolute atomic E-state index is 0.256. The van der Waals surface area contributed by atoms with E-state index in [1.165, 1.54) is 10.8 Å². The number of rotatable bonds is 4. The highest BCUT2D eigenvalue weighted by Gasteiger charge is 2.09. The number of carboxylic acids is 1. The Bertz CT molecular complexity index is 1460. The zero-order valence-electron chi connectivity index (χ0n) is 16.4. The van der Waals surface area contributed by atoms with Gasteiger partial charge in [-0.3, -0.25) is 0 Å². The number of halogens is 1. The van der Waals surface area contributed by atoms with Gasteiger partial charge in [0, 0.05) is 15.4 Å². The molecule has 0 aliphatic rings. The molecule has 0 saturated carbocycles. The van der Waals surface area contributed by atoms with Crippen molar-refractivity contribution in [2.24, 2.45) is 0 Å². The average molecular weight is 469 g/mol. The molecule has 0 spiro atoms. The maximum Gasteiger partial charge on any atom is 0.335 e. The molecular formula is C27H17BrO3. The first-order valence-electron chi connectivity index (χ1n) is 9.81. The summed E-state index contributed by atoms with van der Waals surface area (Å²) in [5.74, 6) is -0.0979. The molecule has 31 heavy (non-hydrogen) atoms. The van der Waals surface area contributed by atoms with Crippen molar-refractivity contribution in [1.29, 1.82) is 0 Å². The zero-order valence-corrected chi connectivity index (χ0v) is 18.0. The molecule has 0 unspecified atom stereocenters. The molecule has 0 aliphatic heterocycles. The van der Waals surface area contributed by atoms with Crippen LogP contribution in [0, 0.1) is 0 Å². The number of furan rings is 1. The molecule has 3 nitrogen and oxygen atoms in total. The summed E-state index contributed by atoms with van der Waals surface area (Å²) in [6.45, 7) is 0. The Hall–Kier alpha value is -3.63. The number of fused-ring (bicyclic) bond motifs is 3. The molecule has 4 aromatic carbocycles. The quantitative estimate of drug-likeness (QED) is 0.273. The van der Waals surface area contributed by atoms with E-state index < -0.39 is 5.97 Å². The second-order valence-corrected chi connectivity index (χ2v) is 8.16. The van der Waals surface area contributed by atoms with Crippen molar-refractivity contribution in [3.05, 3.63) is 106 Å². The number of carbonyl (C=O) groups is 1. The lowest BCUT2D eigenvalue weighted by Gasteiger charge is -2.01. The van der Waals surface area contributed by atoms with Crippen molar-refractivity contribution < 1.29 is 14.3 Å². The molecular weight excluding hydrogens is 452 g/mol. The van der Waals surface area contributed by atoms with Crippen molar-refractivity contribution >= 4 is 55.8 Å². The summed E-state index contributed by atoms with van der Waals surface area (Å²) in [4.78, 5) is 11.1. The molecule has 0 bridgehead atoms. The van der Waals surface area contributed by atoms with Crippen molar-refractivity contribution in [3.63, 3.8) is 0 Å². The predicted octanol–water partition coefficient (Wildman–Crippen LogP) is 7.88. The summed E-state index contributed by atoms with van der Waals surface area (Å²) in [7, 11) is 0. The Morgan fingerprint density at radius 2 is 1.65 bits per heavy atom. The predicted molar refractivity (Wildman–Crippen MR) is 129 cm³/mol. The first-order chi connectivity index (χ1) is 15.1. The molecule has 150 valence electrons. The van der Waals surface area contributed by atoms with Gasteiger partial charge in [0.2, 0.25) is 0 Å². The largest absolute Gasteiger partial charge is 0.478 e. The van der Waals surface area contributed by atoms with Crippen molar-refractivity contribution in [2.75, 3.05) is 0 Å². The average Bonchev–Trinajstić information content (AvgIpc) is 3.23. The Kier molecular flexibility index (Phi) is 4.92. The number of carboxylic acid groups (broad SMARTS) is 1. The van der Waals surface area contributed by atoms with Gasteiger partial charge in [-0.15, -0.1) is 0 Å². The van der Waals surface area contributed by atoms with Crippen LogP contribution in [0.15, 0.2) is 93.8 Å². The van der Waals surface area contributed by atoms with Gasteiger partial charge < -0.3 is 9.52 Å². The van der Waals surface area contributed by atoms with Gasteiger partial charge in [-0.2, -0.15) is 0 Å². The van der Waals surface area contributed by atoms with Gasteiger partial charge in [-0.1, -0.05) is 88.7 Å². The molecule has 0 saturated heterocycles. The summed E-state index contributed by atoms with van der Waals surface area (Å²) in [6, 6.07) is 27.7. The van der Waals surface area contributed by atoms with Crippen LogP contribution in [0.25, 0.3) is 45.2 Å². The van der Waals surface area contributed by atoms with Crippen molar-refractivity contribution in [1.82, 2.24) is 0 Å². The van der Waals surface area contributed by atoms with E-state index in [0.717, 1.165) is 37.9 Å². The first-order valence-corrected chi connectivity index (χ1v) is 10.6. The first kappa shape index (κ1) is 19.3. The number of benzene rings is 4. The fraction of sp³-hybridized carbons (Fsp3) is 0. The molecule has 4 heteroatoms. The van der Waals surface area contributed by atoms with E-state index >= 15 is 0 Å². The summed E-state index contributed by atoms with van der Waals surface area (Å²) >= 11 is 3.44. The van der Waals surface area contributed by atoms with Crippen molar-refractivity contribution in [2.45, 2.75) is 0 Å². The van der Waals surface area contributed by atoms with Gasteiger partial charge in [0.05, 0.1) is 5.56 Å². The molecule has 0 atom stereocenters. The molecule has 5 aromatic rings. The van der Waals surface area contributed by atoms with E-state index in [1.54, 1.807) is 18.2 Å². The lowest BCUT2D eigenvalue weighted by atomic mass is 10.1. The molecule has 1 heterocycles. The van der Waals surface area contributed by atoms with E-state index in [1.807, 2.05) is 54.6 Å². The Balaban J connectivity index is 1.42. The van der Waals surface area contributed by atoms with E-state index in [-0.39, 0.29) is 5.56 Å². The van der Waals surface area contributed by atoms with Crippen LogP contribution >= 0.6 is 15.9 Å². The Labute approximate surface area is 187 Å². The normalized spacial score (nSPS) is 11.5. The third-order valence-electron chi connectivity index (χ3n) is 5.32. The molecule has 5 rings (SSSR count). The lowest BCUT2D eigenvalue weighted by Crippen LogP contribution is -1.95. The smallest absolute Gasteiger partial charge is 0.335 e. The molecule has 1 N–H and O–H groups in total. The second-order valence-electron chi connectivity index (χ2n) is 7.31.